The summed E-state index contributed by atoms with van der Waals surface area (Å²) in [6.45, 7) is 2.48. The number of hydrogen-bond donors (Lipinski definition) is 1. The van der Waals surface area contributed by atoms with Gasteiger partial charge in [0.15, 0.2) is 11.5 Å². The molecule has 1 aromatic rings. The van der Waals surface area contributed by atoms with Crippen LogP contribution in [0.5, 0.6) is 11.5 Å². The van der Waals surface area contributed by atoms with E-state index in [1.165, 1.54) is 0 Å². The number of halogens is 1. The Morgan fingerprint density at radius 3 is 2.67 bits per heavy atom. The molecule has 15 heavy (non-hydrogen) atoms. The average Bonchev–Trinajstić information content (AvgIpc) is 2.28. The molecule has 0 aliphatic carbocycles. The second-order valence-electron chi connectivity index (χ2n) is 3.01. The summed E-state index contributed by atoms with van der Waals surface area (Å²) in [7, 11) is 1.60. The lowest BCUT2D eigenvalue weighted by Crippen LogP contribution is -2.01. The molecule has 0 amide bonds. The van der Waals surface area contributed by atoms with Crippen molar-refractivity contribution in [3.05, 3.63) is 23.8 Å². The molecule has 0 spiro atoms. The highest BCUT2D eigenvalue weighted by Gasteiger charge is 2.10. The van der Waals surface area contributed by atoms with E-state index in [1.54, 1.807) is 19.2 Å². The summed E-state index contributed by atoms with van der Waals surface area (Å²) in [4.78, 5) is 0. The molecule has 1 atom stereocenters. The molecule has 1 rings (SSSR count). The Kier molecular flexibility index (Phi) is 4.91. The minimum absolute atomic E-state index is 0.505. The number of rotatable bonds is 5. The van der Waals surface area contributed by atoms with Crippen LogP contribution >= 0.6 is 15.9 Å². The predicted molar refractivity (Wildman–Crippen MR) is 62.9 cm³/mol. The predicted octanol–water partition coefficient (Wildman–Crippen LogP) is 2.52. The van der Waals surface area contributed by atoms with Gasteiger partial charge in [0, 0.05) is 5.33 Å². The monoisotopic (exact) mass is 274 g/mol. The Morgan fingerprint density at radius 1 is 1.40 bits per heavy atom. The van der Waals surface area contributed by atoms with Crippen molar-refractivity contribution in [2.45, 2.75) is 13.0 Å². The number of aliphatic hydroxyl groups excluding tert-OH is 1. The quantitative estimate of drug-likeness (QED) is 0.839. The molecule has 3 nitrogen and oxygen atoms in total. The second-order valence-corrected chi connectivity index (χ2v) is 3.66. The van der Waals surface area contributed by atoms with Crippen molar-refractivity contribution in [3.63, 3.8) is 0 Å². The van der Waals surface area contributed by atoms with Crippen molar-refractivity contribution in [1.29, 1.82) is 0 Å². The summed E-state index contributed by atoms with van der Waals surface area (Å²) in [5.74, 6) is 1.35. The van der Waals surface area contributed by atoms with Gasteiger partial charge >= 0.3 is 0 Å². The van der Waals surface area contributed by atoms with Crippen LogP contribution in [0.3, 0.4) is 0 Å². The molecule has 0 fully saturated rings. The van der Waals surface area contributed by atoms with Crippen LogP contribution in [0.1, 0.15) is 18.6 Å². The Labute approximate surface area is 98.1 Å². The third kappa shape index (κ3) is 3.11. The largest absolute Gasteiger partial charge is 0.493 e. The zero-order chi connectivity index (χ0) is 11.3. The van der Waals surface area contributed by atoms with Crippen molar-refractivity contribution in [2.24, 2.45) is 0 Å². The van der Waals surface area contributed by atoms with E-state index < -0.39 is 6.10 Å². The molecule has 0 aliphatic rings. The number of hydrogen-bond acceptors (Lipinski definition) is 3. The van der Waals surface area contributed by atoms with Crippen LogP contribution in [0, 0.1) is 0 Å². The molecule has 4 heteroatoms. The fourth-order valence-electron chi connectivity index (χ4n) is 1.26. The van der Waals surface area contributed by atoms with Crippen LogP contribution in [0.15, 0.2) is 18.2 Å². The third-order valence-corrected chi connectivity index (χ3v) is 2.63. The summed E-state index contributed by atoms with van der Waals surface area (Å²) in [6.07, 6.45) is -0.518. The maximum absolute atomic E-state index is 9.64. The Morgan fingerprint density at radius 2 is 2.13 bits per heavy atom. The molecule has 0 bridgehead atoms. The van der Waals surface area contributed by atoms with E-state index in [4.69, 9.17) is 9.47 Å². The van der Waals surface area contributed by atoms with Crippen LogP contribution in [0.2, 0.25) is 0 Å². The Bertz CT molecular complexity index is 315. The van der Waals surface area contributed by atoms with Gasteiger partial charge in [-0.05, 0) is 24.6 Å². The minimum Gasteiger partial charge on any atom is -0.493 e. The topological polar surface area (TPSA) is 38.7 Å². The average molecular weight is 275 g/mol. The first-order chi connectivity index (χ1) is 7.22. The van der Waals surface area contributed by atoms with Gasteiger partial charge in [-0.15, -0.1) is 0 Å². The molecule has 1 N–H and O–H groups in total. The van der Waals surface area contributed by atoms with Crippen LogP contribution in [0.25, 0.3) is 0 Å². The van der Waals surface area contributed by atoms with Gasteiger partial charge in [-0.2, -0.15) is 0 Å². The van der Waals surface area contributed by atoms with Gasteiger partial charge in [0.05, 0.1) is 19.8 Å². The van der Waals surface area contributed by atoms with E-state index in [-0.39, 0.29) is 0 Å². The first kappa shape index (κ1) is 12.3. The Hall–Kier alpha value is -0.740. The van der Waals surface area contributed by atoms with Gasteiger partial charge in [0.25, 0.3) is 0 Å². The molecule has 84 valence electrons. The number of ether oxygens (including phenoxy) is 2. The molecular weight excluding hydrogens is 260 g/mol. The third-order valence-electron chi connectivity index (χ3n) is 2.02. The van der Waals surface area contributed by atoms with Gasteiger partial charge in [-0.25, -0.2) is 0 Å². The van der Waals surface area contributed by atoms with E-state index in [2.05, 4.69) is 15.9 Å². The maximum atomic E-state index is 9.64. The fourth-order valence-corrected chi connectivity index (χ4v) is 1.63. The standard InChI is InChI=1S/C11H15BrO3/c1-3-15-11-6-8(9(13)7-12)4-5-10(11)14-2/h4-6,9,13H,3,7H2,1-2H3. The highest BCUT2D eigenvalue weighted by atomic mass is 79.9. The molecule has 1 unspecified atom stereocenters. The van der Waals surface area contributed by atoms with Crippen molar-refractivity contribution in [3.8, 4) is 11.5 Å². The summed E-state index contributed by atoms with van der Waals surface area (Å²) < 4.78 is 10.6. The first-order valence-corrected chi connectivity index (χ1v) is 5.89. The lowest BCUT2D eigenvalue weighted by atomic mass is 10.1. The van der Waals surface area contributed by atoms with Crippen molar-refractivity contribution >= 4 is 15.9 Å². The van der Waals surface area contributed by atoms with Crippen molar-refractivity contribution in [2.75, 3.05) is 19.0 Å². The van der Waals surface area contributed by atoms with Crippen LogP contribution in [-0.2, 0) is 0 Å². The highest BCUT2D eigenvalue weighted by molar-refractivity contribution is 9.09. The minimum atomic E-state index is -0.518. The molecule has 0 aromatic heterocycles. The van der Waals surface area contributed by atoms with Gasteiger partial charge < -0.3 is 14.6 Å². The maximum Gasteiger partial charge on any atom is 0.161 e. The fraction of sp³-hybridized carbons (Fsp3) is 0.455. The van der Waals surface area contributed by atoms with E-state index in [0.717, 1.165) is 5.56 Å². The normalized spacial score (nSPS) is 12.3. The van der Waals surface area contributed by atoms with Crippen LogP contribution < -0.4 is 9.47 Å². The second kappa shape index (κ2) is 5.98. The number of alkyl halides is 1. The molecule has 0 radical (unpaired) electrons. The molecular formula is C11H15BrO3. The summed E-state index contributed by atoms with van der Waals surface area (Å²) in [5.41, 5.74) is 0.816. The van der Waals surface area contributed by atoms with Crippen molar-refractivity contribution in [1.82, 2.24) is 0 Å². The summed E-state index contributed by atoms with van der Waals surface area (Å²) in [6, 6.07) is 5.42. The van der Waals surface area contributed by atoms with E-state index >= 15 is 0 Å². The number of methoxy groups -OCH3 is 1. The van der Waals surface area contributed by atoms with Gasteiger partial charge in [-0.3, -0.25) is 0 Å². The lowest BCUT2D eigenvalue weighted by Gasteiger charge is -2.13. The first-order valence-electron chi connectivity index (χ1n) is 4.77. The molecule has 0 saturated heterocycles. The van der Waals surface area contributed by atoms with Crippen molar-refractivity contribution < 1.29 is 14.6 Å². The zero-order valence-corrected chi connectivity index (χ0v) is 10.5. The number of benzene rings is 1. The summed E-state index contributed by atoms with van der Waals surface area (Å²) in [5, 5.41) is 10.1. The SMILES string of the molecule is CCOc1cc(C(O)CBr)ccc1OC. The highest BCUT2D eigenvalue weighted by Crippen LogP contribution is 2.30. The smallest absolute Gasteiger partial charge is 0.161 e. The van der Waals surface area contributed by atoms with Crippen LogP contribution in [0.4, 0.5) is 0 Å². The zero-order valence-electron chi connectivity index (χ0n) is 8.87. The van der Waals surface area contributed by atoms with E-state index in [1.807, 2.05) is 13.0 Å². The lowest BCUT2D eigenvalue weighted by molar-refractivity contribution is 0.204. The van der Waals surface area contributed by atoms with E-state index in [0.29, 0.717) is 23.4 Å². The van der Waals surface area contributed by atoms with Gasteiger partial charge in [0.2, 0.25) is 0 Å². The number of aliphatic hydroxyl groups is 1. The molecule has 0 saturated carbocycles. The molecule has 0 heterocycles. The molecule has 1 aromatic carbocycles. The molecule has 0 aliphatic heterocycles. The van der Waals surface area contributed by atoms with Crippen LogP contribution in [-0.4, -0.2) is 24.2 Å². The van der Waals surface area contributed by atoms with Gasteiger partial charge in [-0.1, -0.05) is 22.0 Å². The van der Waals surface area contributed by atoms with Gasteiger partial charge in [0.1, 0.15) is 0 Å². The summed E-state index contributed by atoms with van der Waals surface area (Å²) >= 11 is 3.23. The van der Waals surface area contributed by atoms with E-state index in [9.17, 15) is 5.11 Å². The Balaban J connectivity index is 2.98.